The van der Waals surface area contributed by atoms with Gasteiger partial charge in [0.1, 0.15) is 11.6 Å². The van der Waals surface area contributed by atoms with Gasteiger partial charge in [-0.1, -0.05) is 11.8 Å². The number of aromatic nitrogens is 4. The molecule has 3 aliphatic carbocycles. The maximum atomic E-state index is 12.5. The highest BCUT2D eigenvalue weighted by Crippen LogP contribution is 2.70. The first-order valence-electron chi connectivity index (χ1n) is 10.5. The average Bonchev–Trinajstić information content (AvgIpc) is 3.70. The quantitative estimate of drug-likeness (QED) is 0.659. The second-order valence-corrected chi connectivity index (χ2v) is 8.68. The summed E-state index contributed by atoms with van der Waals surface area (Å²) >= 11 is 0. The summed E-state index contributed by atoms with van der Waals surface area (Å²) in [6.07, 6.45) is 13.1. The molecule has 3 aliphatic rings. The number of hydrogen-bond donors (Lipinski definition) is 2. The third kappa shape index (κ3) is 3.00. The van der Waals surface area contributed by atoms with Gasteiger partial charge in [-0.25, -0.2) is 9.97 Å². The fourth-order valence-corrected chi connectivity index (χ4v) is 4.23. The highest BCUT2D eigenvalue weighted by molar-refractivity contribution is 6.00. The summed E-state index contributed by atoms with van der Waals surface area (Å²) in [5.41, 5.74) is 2.01. The Labute approximate surface area is 174 Å². The van der Waals surface area contributed by atoms with Crippen LogP contribution in [0.5, 0.6) is 0 Å². The van der Waals surface area contributed by atoms with Gasteiger partial charge >= 0.3 is 0 Å². The lowest BCUT2D eigenvalue weighted by Gasteiger charge is -2.09. The van der Waals surface area contributed by atoms with E-state index >= 15 is 0 Å². The van der Waals surface area contributed by atoms with Crippen LogP contribution in [0.1, 0.15) is 49.3 Å². The normalized spacial score (nSPS) is 20.5. The van der Waals surface area contributed by atoms with Crippen molar-refractivity contribution in [3.63, 3.8) is 0 Å². The van der Waals surface area contributed by atoms with Crippen molar-refractivity contribution in [3.05, 3.63) is 42.0 Å². The molecule has 3 saturated carbocycles. The molecule has 1 amide bonds. The Morgan fingerprint density at radius 3 is 2.77 bits per heavy atom. The SMILES string of the molecule is CNc1ncc(C#Cc2cnn(C3CC3)c2)c2cc(NC(=O)C3CC34CC4)ncc12. The van der Waals surface area contributed by atoms with Crippen molar-refractivity contribution in [2.24, 2.45) is 11.3 Å². The number of amides is 1. The maximum absolute atomic E-state index is 12.5. The summed E-state index contributed by atoms with van der Waals surface area (Å²) in [5.74, 6) is 7.97. The molecule has 0 radical (unpaired) electrons. The van der Waals surface area contributed by atoms with Crippen LogP contribution < -0.4 is 10.6 Å². The summed E-state index contributed by atoms with van der Waals surface area (Å²) in [7, 11) is 1.83. The van der Waals surface area contributed by atoms with E-state index in [2.05, 4.69) is 37.5 Å². The van der Waals surface area contributed by atoms with Gasteiger partial charge in [0, 0.05) is 42.3 Å². The van der Waals surface area contributed by atoms with Gasteiger partial charge in [0.2, 0.25) is 5.91 Å². The number of carbonyl (C=O) groups is 1. The fourth-order valence-electron chi connectivity index (χ4n) is 4.23. The van der Waals surface area contributed by atoms with Gasteiger partial charge in [0.05, 0.1) is 23.4 Å². The molecule has 0 bridgehead atoms. The number of anilines is 2. The number of nitrogens with zero attached hydrogens (tertiary/aromatic N) is 4. The molecule has 150 valence electrons. The van der Waals surface area contributed by atoms with E-state index in [1.165, 1.54) is 25.7 Å². The molecule has 3 aromatic rings. The Hall–Kier alpha value is -3.40. The standard InChI is InChI=1S/C23H22N6O/c1-24-21-18-12-25-20(28-22(30)19-9-23(19)6-7-23)8-17(18)15(11-26-21)3-2-14-10-27-29(13-14)16-4-5-16/h8,10-13,16,19H,4-7,9H2,1H3,(H,24,26)(H,25,28,30). The van der Waals surface area contributed by atoms with Gasteiger partial charge in [0.15, 0.2) is 0 Å². The number of pyridine rings is 2. The van der Waals surface area contributed by atoms with E-state index < -0.39 is 0 Å². The molecule has 7 nitrogen and oxygen atoms in total. The number of hydrogen-bond acceptors (Lipinski definition) is 5. The van der Waals surface area contributed by atoms with Crippen LogP contribution in [-0.2, 0) is 4.79 Å². The van der Waals surface area contributed by atoms with E-state index in [4.69, 9.17) is 0 Å². The maximum Gasteiger partial charge on any atom is 0.229 e. The molecular weight excluding hydrogens is 376 g/mol. The molecule has 7 heteroatoms. The molecule has 3 fully saturated rings. The Balaban J connectivity index is 1.33. The number of rotatable bonds is 4. The molecule has 1 atom stereocenters. The lowest BCUT2D eigenvalue weighted by molar-refractivity contribution is -0.117. The molecule has 1 unspecified atom stereocenters. The minimum atomic E-state index is 0.0855. The Kier molecular flexibility index (Phi) is 3.66. The Bertz CT molecular complexity index is 1240. The second-order valence-electron chi connectivity index (χ2n) is 8.68. The highest BCUT2D eigenvalue weighted by Gasteiger charge is 2.65. The van der Waals surface area contributed by atoms with Gasteiger partial charge in [-0.3, -0.25) is 9.48 Å². The molecule has 0 aromatic carbocycles. The summed E-state index contributed by atoms with van der Waals surface area (Å²) < 4.78 is 1.99. The summed E-state index contributed by atoms with van der Waals surface area (Å²) in [6.45, 7) is 0. The predicted molar refractivity (Wildman–Crippen MR) is 114 cm³/mol. The van der Waals surface area contributed by atoms with Crippen LogP contribution in [-0.4, -0.2) is 32.7 Å². The largest absolute Gasteiger partial charge is 0.373 e. The fraction of sp³-hybridized carbons (Fsp3) is 0.391. The summed E-state index contributed by atoms with van der Waals surface area (Å²) in [6, 6.07) is 2.44. The van der Waals surface area contributed by atoms with E-state index in [0.29, 0.717) is 17.3 Å². The highest BCUT2D eigenvalue weighted by atomic mass is 16.2. The average molecular weight is 398 g/mol. The van der Waals surface area contributed by atoms with Crippen molar-refractivity contribution in [3.8, 4) is 11.8 Å². The molecule has 0 aliphatic heterocycles. The van der Waals surface area contributed by atoms with Gasteiger partial charge in [-0.05, 0) is 43.6 Å². The zero-order valence-electron chi connectivity index (χ0n) is 16.8. The molecule has 0 saturated heterocycles. The van der Waals surface area contributed by atoms with Crippen molar-refractivity contribution >= 4 is 28.3 Å². The minimum Gasteiger partial charge on any atom is -0.373 e. The van der Waals surface area contributed by atoms with Crippen molar-refractivity contribution < 1.29 is 4.79 Å². The van der Waals surface area contributed by atoms with Crippen molar-refractivity contribution in [2.45, 2.75) is 38.1 Å². The van der Waals surface area contributed by atoms with Crippen LogP contribution in [0.2, 0.25) is 0 Å². The first-order chi connectivity index (χ1) is 14.6. The zero-order valence-corrected chi connectivity index (χ0v) is 16.8. The van der Waals surface area contributed by atoms with Crippen molar-refractivity contribution in [2.75, 3.05) is 17.7 Å². The number of fused-ring (bicyclic) bond motifs is 1. The monoisotopic (exact) mass is 398 g/mol. The molecule has 30 heavy (non-hydrogen) atoms. The van der Waals surface area contributed by atoms with Crippen LogP contribution >= 0.6 is 0 Å². The molecular formula is C23H22N6O. The van der Waals surface area contributed by atoms with Crippen molar-refractivity contribution in [1.29, 1.82) is 0 Å². The second kappa shape index (κ2) is 6.30. The van der Waals surface area contributed by atoms with Crippen LogP contribution in [0.4, 0.5) is 11.6 Å². The summed E-state index contributed by atoms with van der Waals surface area (Å²) in [5, 5.41) is 12.3. The van der Waals surface area contributed by atoms with Crippen LogP contribution in [0.3, 0.4) is 0 Å². The van der Waals surface area contributed by atoms with Crippen LogP contribution in [0.15, 0.2) is 30.9 Å². The Morgan fingerprint density at radius 2 is 2.03 bits per heavy atom. The first kappa shape index (κ1) is 17.5. The predicted octanol–water partition coefficient (Wildman–Crippen LogP) is 3.34. The molecule has 6 rings (SSSR count). The van der Waals surface area contributed by atoms with Gasteiger partial charge in [-0.15, -0.1) is 0 Å². The smallest absolute Gasteiger partial charge is 0.229 e. The molecule has 3 heterocycles. The topological polar surface area (TPSA) is 84.7 Å². The molecule has 1 spiro atoms. The molecule has 2 N–H and O–H groups in total. The van der Waals surface area contributed by atoms with E-state index in [-0.39, 0.29) is 11.8 Å². The lowest BCUT2D eigenvalue weighted by atomic mass is 10.1. The molecule has 3 aromatic heterocycles. The number of nitrogens with one attached hydrogen (secondary N) is 2. The van der Waals surface area contributed by atoms with Crippen LogP contribution in [0, 0.1) is 23.2 Å². The van der Waals surface area contributed by atoms with E-state index in [1.807, 2.05) is 24.0 Å². The van der Waals surface area contributed by atoms with Crippen LogP contribution in [0.25, 0.3) is 10.8 Å². The van der Waals surface area contributed by atoms with Gasteiger partial charge < -0.3 is 10.6 Å². The van der Waals surface area contributed by atoms with E-state index in [0.717, 1.165) is 34.1 Å². The minimum absolute atomic E-state index is 0.0855. The summed E-state index contributed by atoms with van der Waals surface area (Å²) in [4.78, 5) is 21.5. The van der Waals surface area contributed by atoms with Crippen molar-refractivity contribution in [1.82, 2.24) is 19.7 Å². The third-order valence-corrected chi connectivity index (χ3v) is 6.52. The number of carbonyl (C=O) groups excluding carboxylic acids is 1. The van der Waals surface area contributed by atoms with E-state index in [9.17, 15) is 4.79 Å². The van der Waals surface area contributed by atoms with Gasteiger partial charge in [-0.2, -0.15) is 5.10 Å². The Morgan fingerprint density at radius 1 is 1.17 bits per heavy atom. The van der Waals surface area contributed by atoms with E-state index in [1.54, 1.807) is 18.6 Å². The van der Waals surface area contributed by atoms with Gasteiger partial charge in [0.25, 0.3) is 0 Å². The third-order valence-electron chi connectivity index (χ3n) is 6.52. The lowest BCUT2D eigenvalue weighted by Crippen LogP contribution is -2.16. The zero-order chi connectivity index (χ0) is 20.3. The first-order valence-corrected chi connectivity index (χ1v) is 10.5.